The van der Waals surface area contributed by atoms with E-state index >= 15 is 0 Å². The normalized spacial score (nSPS) is 11.7. The molecular weight excluding hydrogens is 304 g/mol. The second-order valence-electron chi connectivity index (χ2n) is 5.82. The van der Waals surface area contributed by atoms with Crippen molar-refractivity contribution in [3.8, 4) is 0 Å². The number of carbonyl (C=O) groups is 2. The van der Waals surface area contributed by atoms with Gasteiger partial charge in [-0.1, -0.05) is 13.8 Å². The molecule has 1 aromatic carbocycles. The standard InChI is InChI=1S/C18H22N4O2/c1-12(2)17(23)21-15-4-6-16(7-5-15)22-18(24)20-13(3)14-8-10-19-11-9-14/h4-13H,1-3H3,(H,21,23)(H2,20,22,24). The van der Waals surface area contributed by atoms with E-state index < -0.39 is 0 Å². The van der Waals surface area contributed by atoms with Crippen LogP contribution >= 0.6 is 0 Å². The molecule has 6 heteroatoms. The molecule has 0 spiro atoms. The van der Waals surface area contributed by atoms with E-state index in [1.807, 2.05) is 32.9 Å². The van der Waals surface area contributed by atoms with E-state index in [0.717, 1.165) is 5.56 Å². The van der Waals surface area contributed by atoms with Crippen molar-refractivity contribution in [1.29, 1.82) is 0 Å². The first-order chi connectivity index (χ1) is 11.5. The van der Waals surface area contributed by atoms with Crippen LogP contribution in [0.1, 0.15) is 32.4 Å². The Bertz CT molecular complexity index is 684. The summed E-state index contributed by atoms with van der Waals surface area (Å²) in [6, 6.07) is 10.3. The summed E-state index contributed by atoms with van der Waals surface area (Å²) >= 11 is 0. The van der Waals surface area contributed by atoms with Crippen molar-refractivity contribution in [2.75, 3.05) is 10.6 Å². The Morgan fingerprint density at radius 1 is 0.875 bits per heavy atom. The predicted octanol–water partition coefficient (Wildman–Crippen LogP) is 3.56. The predicted molar refractivity (Wildman–Crippen MR) is 94.7 cm³/mol. The van der Waals surface area contributed by atoms with Crippen LogP contribution in [0.5, 0.6) is 0 Å². The van der Waals surface area contributed by atoms with Gasteiger partial charge in [0.1, 0.15) is 0 Å². The highest BCUT2D eigenvalue weighted by molar-refractivity contribution is 5.93. The molecule has 1 heterocycles. The summed E-state index contributed by atoms with van der Waals surface area (Å²) in [5.41, 5.74) is 2.33. The summed E-state index contributed by atoms with van der Waals surface area (Å²) in [6.45, 7) is 5.57. The van der Waals surface area contributed by atoms with Crippen molar-refractivity contribution >= 4 is 23.3 Å². The van der Waals surface area contributed by atoms with E-state index in [1.54, 1.807) is 36.7 Å². The molecule has 3 amide bonds. The number of urea groups is 1. The highest BCUT2D eigenvalue weighted by atomic mass is 16.2. The third kappa shape index (κ3) is 5.08. The molecule has 2 aromatic rings. The van der Waals surface area contributed by atoms with E-state index in [4.69, 9.17) is 0 Å². The topological polar surface area (TPSA) is 83.1 Å². The van der Waals surface area contributed by atoms with E-state index in [1.165, 1.54) is 0 Å². The van der Waals surface area contributed by atoms with Crippen LogP contribution in [0.15, 0.2) is 48.8 Å². The van der Waals surface area contributed by atoms with Crippen LogP contribution < -0.4 is 16.0 Å². The van der Waals surface area contributed by atoms with Crippen LogP contribution in [0.25, 0.3) is 0 Å². The Kier molecular flexibility index (Phi) is 5.89. The number of rotatable bonds is 5. The molecule has 1 unspecified atom stereocenters. The third-order valence-electron chi connectivity index (χ3n) is 3.49. The number of hydrogen-bond donors (Lipinski definition) is 3. The monoisotopic (exact) mass is 326 g/mol. The molecule has 0 saturated carbocycles. The Labute approximate surface area is 141 Å². The third-order valence-corrected chi connectivity index (χ3v) is 3.49. The van der Waals surface area contributed by atoms with Gasteiger partial charge in [0.25, 0.3) is 0 Å². The second kappa shape index (κ2) is 8.10. The van der Waals surface area contributed by atoms with Crippen molar-refractivity contribution in [3.05, 3.63) is 54.4 Å². The highest BCUT2D eigenvalue weighted by Crippen LogP contribution is 2.15. The van der Waals surface area contributed by atoms with Gasteiger partial charge in [0.15, 0.2) is 0 Å². The average Bonchev–Trinajstić information content (AvgIpc) is 2.57. The van der Waals surface area contributed by atoms with Crippen LogP contribution in [-0.2, 0) is 4.79 Å². The number of benzene rings is 1. The van der Waals surface area contributed by atoms with Crippen LogP contribution in [0, 0.1) is 5.92 Å². The number of amides is 3. The average molecular weight is 326 g/mol. The minimum atomic E-state index is -0.293. The Balaban J connectivity index is 1.89. The van der Waals surface area contributed by atoms with Gasteiger partial charge in [0.05, 0.1) is 6.04 Å². The molecule has 1 aromatic heterocycles. The Hall–Kier alpha value is -2.89. The maximum absolute atomic E-state index is 12.0. The maximum atomic E-state index is 12.0. The molecule has 0 aliphatic carbocycles. The minimum Gasteiger partial charge on any atom is -0.331 e. The lowest BCUT2D eigenvalue weighted by Crippen LogP contribution is -2.31. The van der Waals surface area contributed by atoms with Crippen molar-refractivity contribution in [2.45, 2.75) is 26.8 Å². The molecule has 0 fully saturated rings. The van der Waals surface area contributed by atoms with E-state index in [0.29, 0.717) is 11.4 Å². The maximum Gasteiger partial charge on any atom is 0.319 e. The zero-order valence-electron chi connectivity index (χ0n) is 14.0. The number of aromatic nitrogens is 1. The fraction of sp³-hybridized carbons (Fsp3) is 0.278. The lowest BCUT2D eigenvalue weighted by Gasteiger charge is -2.15. The summed E-state index contributed by atoms with van der Waals surface area (Å²) in [5, 5.41) is 8.43. The van der Waals surface area contributed by atoms with Gasteiger partial charge in [-0.3, -0.25) is 9.78 Å². The molecule has 0 aliphatic heterocycles. The van der Waals surface area contributed by atoms with Crippen molar-refractivity contribution in [1.82, 2.24) is 10.3 Å². The Morgan fingerprint density at radius 2 is 1.42 bits per heavy atom. The van der Waals surface area contributed by atoms with Gasteiger partial charge in [-0.15, -0.1) is 0 Å². The van der Waals surface area contributed by atoms with Crippen molar-refractivity contribution in [3.63, 3.8) is 0 Å². The molecule has 2 rings (SSSR count). The molecular formula is C18H22N4O2. The molecule has 0 aliphatic rings. The van der Waals surface area contributed by atoms with E-state index in [-0.39, 0.29) is 23.9 Å². The van der Waals surface area contributed by atoms with Crippen LogP contribution in [0.2, 0.25) is 0 Å². The zero-order chi connectivity index (χ0) is 17.5. The summed E-state index contributed by atoms with van der Waals surface area (Å²) < 4.78 is 0. The molecule has 0 saturated heterocycles. The van der Waals surface area contributed by atoms with E-state index in [9.17, 15) is 9.59 Å². The quantitative estimate of drug-likeness (QED) is 0.785. The lowest BCUT2D eigenvalue weighted by atomic mass is 10.1. The first kappa shape index (κ1) is 17.5. The van der Waals surface area contributed by atoms with Gasteiger partial charge in [-0.2, -0.15) is 0 Å². The number of hydrogen-bond acceptors (Lipinski definition) is 3. The fourth-order valence-corrected chi connectivity index (χ4v) is 2.02. The van der Waals surface area contributed by atoms with Crippen molar-refractivity contribution < 1.29 is 9.59 Å². The summed E-state index contributed by atoms with van der Waals surface area (Å²) in [6.07, 6.45) is 3.38. The van der Waals surface area contributed by atoms with Crippen LogP contribution in [-0.4, -0.2) is 16.9 Å². The lowest BCUT2D eigenvalue weighted by molar-refractivity contribution is -0.118. The summed E-state index contributed by atoms with van der Waals surface area (Å²) in [4.78, 5) is 27.6. The number of nitrogens with one attached hydrogen (secondary N) is 3. The zero-order valence-corrected chi connectivity index (χ0v) is 14.0. The number of anilines is 2. The fourth-order valence-electron chi connectivity index (χ4n) is 2.02. The van der Waals surface area contributed by atoms with Gasteiger partial charge in [0.2, 0.25) is 5.91 Å². The minimum absolute atomic E-state index is 0.0420. The van der Waals surface area contributed by atoms with Gasteiger partial charge in [0, 0.05) is 29.7 Å². The molecule has 0 bridgehead atoms. The van der Waals surface area contributed by atoms with Gasteiger partial charge < -0.3 is 16.0 Å². The molecule has 24 heavy (non-hydrogen) atoms. The number of pyridine rings is 1. The summed E-state index contributed by atoms with van der Waals surface area (Å²) in [5.74, 6) is -0.122. The SMILES string of the molecule is CC(C)C(=O)Nc1ccc(NC(=O)NC(C)c2ccncc2)cc1. The molecule has 1 atom stereocenters. The second-order valence-corrected chi connectivity index (χ2v) is 5.82. The smallest absolute Gasteiger partial charge is 0.319 e. The van der Waals surface area contributed by atoms with E-state index in [2.05, 4.69) is 20.9 Å². The molecule has 6 nitrogen and oxygen atoms in total. The molecule has 0 radical (unpaired) electrons. The van der Waals surface area contributed by atoms with Crippen molar-refractivity contribution in [2.24, 2.45) is 5.92 Å². The highest BCUT2D eigenvalue weighted by Gasteiger charge is 2.10. The molecule has 3 N–H and O–H groups in total. The largest absolute Gasteiger partial charge is 0.331 e. The number of nitrogens with zero attached hydrogens (tertiary/aromatic N) is 1. The van der Waals surface area contributed by atoms with Gasteiger partial charge >= 0.3 is 6.03 Å². The number of carbonyl (C=O) groups excluding carboxylic acids is 2. The summed E-state index contributed by atoms with van der Waals surface area (Å²) in [7, 11) is 0. The van der Waals surface area contributed by atoms with Gasteiger partial charge in [-0.25, -0.2) is 4.79 Å². The van der Waals surface area contributed by atoms with Crippen LogP contribution in [0.3, 0.4) is 0 Å². The van der Waals surface area contributed by atoms with Crippen LogP contribution in [0.4, 0.5) is 16.2 Å². The first-order valence-corrected chi connectivity index (χ1v) is 7.84. The molecule has 126 valence electrons. The Morgan fingerprint density at radius 3 is 1.96 bits per heavy atom. The van der Waals surface area contributed by atoms with Gasteiger partial charge in [-0.05, 0) is 48.9 Å². The first-order valence-electron chi connectivity index (χ1n) is 7.84.